The first-order chi connectivity index (χ1) is 9.56. The van der Waals surface area contributed by atoms with E-state index in [1.165, 1.54) is 51.9 Å². The zero-order chi connectivity index (χ0) is 14.2. The minimum atomic E-state index is 0.350. The fourth-order valence-electron chi connectivity index (χ4n) is 3.37. The van der Waals surface area contributed by atoms with Gasteiger partial charge in [-0.15, -0.1) is 11.3 Å². The lowest BCUT2D eigenvalue weighted by Crippen LogP contribution is -2.47. The zero-order valence-corrected chi connectivity index (χ0v) is 14.3. The molecule has 110 valence electrons. The van der Waals surface area contributed by atoms with E-state index in [1.807, 2.05) is 23.1 Å². The number of nitrogens with zero attached hydrogens (tertiary/aromatic N) is 1. The third-order valence-corrected chi connectivity index (χ3v) is 6.88. The Kier molecular flexibility index (Phi) is 4.14. The summed E-state index contributed by atoms with van der Waals surface area (Å²) < 4.78 is 0. The minimum Gasteiger partial charge on any atom is -0.359 e. The smallest absolute Gasteiger partial charge is 0.157 e. The Morgan fingerprint density at radius 1 is 1.45 bits per heavy atom. The van der Waals surface area contributed by atoms with Crippen LogP contribution in [0.1, 0.15) is 47.9 Å². The number of aryl methyl sites for hydroxylation is 2. The van der Waals surface area contributed by atoms with Crippen molar-refractivity contribution in [1.29, 1.82) is 0 Å². The van der Waals surface area contributed by atoms with Crippen molar-refractivity contribution >= 4 is 28.3 Å². The minimum absolute atomic E-state index is 0.350. The van der Waals surface area contributed by atoms with Gasteiger partial charge in [0, 0.05) is 21.0 Å². The summed E-state index contributed by atoms with van der Waals surface area (Å²) in [7, 11) is 0. The highest BCUT2D eigenvalue weighted by atomic mass is 32.2. The molecule has 0 aromatic carbocycles. The molecule has 0 amide bonds. The van der Waals surface area contributed by atoms with Crippen LogP contribution < -0.4 is 5.32 Å². The first kappa shape index (κ1) is 14.5. The molecule has 3 rings (SSSR count). The van der Waals surface area contributed by atoms with Gasteiger partial charge in [0.15, 0.2) is 5.17 Å². The highest BCUT2D eigenvalue weighted by Gasteiger charge is 2.40. The summed E-state index contributed by atoms with van der Waals surface area (Å²) in [5, 5.41) is 4.92. The van der Waals surface area contributed by atoms with E-state index in [0.29, 0.717) is 5.54 Å². The van der Waals surface area contributed by atoms with Crippen LogP contribution in [-0.4, -0.2) is 16.5 Å². The van der Waals surface area contributed by atoms with Gasteiger partial charge < -0.3 is 5.32 Å². The largest absolute Gasteiger partial charge is 0.359 e. The summed E-state index contributed by atoms with van der Waals surface area (Å²) in [4.78, 5) is 7.60. The molecule has 1 saturated heterocycles. The maximum Gasteiger partial charge on any atom is 0.157 e. The van der Waals surface area contributed by atoms with Crippen molar-refractivity contribution in [2.45, 2.75) is 58.5 Å². The molecule has 2 nitrogen and oxygen atoms in total. The van der Waals surface area contributed by atoms with Gasteiger partial charge in [-0.2, -0.15) is 0 Å². The second-order valence-electron chi connectivity index (χ2n) is 6.47. The van der Waals surface area contributed by atoms with Gasteiger partial charge in [0.1, 0.15) is 0 Å². The quantitative estimate of drug-likeness (QED) is 0.869. The lowest BCUT2D eigenvalue weighted by Gasteiger charge is -2.36. The summed E-state index contributed by atoms with van der Waals surface area (Å²) >= 11 is 3.80. The molecular weight excluding hydrogens is 284 g/mol. The second kappa shape index (κ2) is 5.72. The van der Waals surface area contributed by atoms with Gasteiger partial charge in [-0.1, -0.05) is 31.5 Å². The molecule has 1 aromatic heterocycles. The van der Waals surface area contributed by atoms with Crippen LogP contribution in [0, 0.1) is 19.8 Å². The number of hydrogen-bond acceptors (Lipinski definition) is 3. The highest BCUT2D eigenvalue weighted by molar-refractivity contribution is 8.14. The maximum absolute atomic E-state index is 4.80. The van der Waals surface area contributed by atoms with Crippen LogP contribution in [0.2, 0.25) is 0 Å². The van der Waals surface area contributed by atoms with E-state index in [9.17, 15) is 0 Å². The van der Waals surface area contributed by atoms with E-state index < -0.39 is 0 Å². The molecule has 2 heterocycles. The average Bonchev–Trinajstić information content (AvgIpc) is 2.92. The predicted octanol–water partition coefficient (Wildman–Crippen LogP) is 4.51. The Morgan fingerprint density at radius 2 is 2.30 bits per heavy atom. The summed E-state index contributed by atoms with van der Waals surface area (Å²) in [6.07, 6.45) is 5.40. The summed E-state index contributed by atoms with van der Waals surface area (Å²) in [5.74, 6) is 2.07. The van der Waals surface area contributed by atoms with Crippen LogP contribution in [0.25, 0.3) is 0 Å². The van der Waals surface area contributed by atoms with E-state index in [0.717, 1.165) is 12.5 Å². The number of aliphatic imine (C=N–C) groups is 1. The van der Waals surface area contributed by atoms with Crippen molar-refractivity contribution in [1.82, 2.24) is 5.32 Å². The Labute approximate surface area is 130 Å². The van der Waals surface area contributed by atoms with E-state index in [2.05, 4.69) is 32.2 Å². The molecule has 0 bridgehead atoms. The molecule has 0 radical (unpaired) electrons. The Hall–Kier alpha value is -0.480. The second-order valence-corrected chi connectivity index (χ2v) is 8.77. The van der Waals surface area contributed by atoms with Crippen molar-refractivity contribution < 1.29 is 0 Å². The monoisotopic (exact) mass is 308 g/mol. The zero-order valence-electron chi connectivity index (χ0n) is 12.7. The molecule has 1 aliphatic heterocycles. The standard InChI is InChI=1S/C16H24N2S2/c1-11-5-4-6-16(8-11)10-19-15(18-16)17-9-14-7-12(2)13(3)20-14/h7,11H,4-6,8-10H2,1-3H3,(H,17,18). The Balaban J connectivity index is 1.63. The molecular formula is C16H24N2S2. The number of thiophene rings is 1. The molecule has 2 unspecified atom stereocenters. The Bertz CT molecular complexity index is 501. The lowest BCUT2D eigenvalue weighted by atomic mass is 9.78. The summed E-state index contributed by atoms with van der Waals surface area (Å²) in [6.45, 7) is 7.60. The molecule has 2 aliphatic rings. The lowest BCUT2D eigenvalue weighted by molar-refractivity contribution is 0.242. The van der Waals surface area contributed by atoms with Crippen LogP contribution in [0.15, 0.2) is 11.1 Å². The third kappa shape index (κ3) is 3.06. The third-order valence-electron chi connectivity index (χ3n) is 4.54. The van der Waals surface area contributed by atoms with Crippen molar-refractivity contribution in [3.63, 3.8) is 0 Å². The van der Waals surface area contributed by atoms with Crippen LogP contribution in [0.3, 0.4) is 0 Å². The van der Waals surface area contributed by atoms with E-state index in [4.69, 9.17) is 4.99 Å². The molecule has 1 N–H and O–H groups in total. The van der Waals surface area contributed by atoms with Gasteiger partial charge in [-0.25, -0.2) is 0 Å². The first-order valence-electron chi connectivity index (χ1n) is 7.58. The first-order valence-corrected chi connectivity index (χ1v) is 9.38. The van der Waals surface area contributed by atoms with Crippen LogP contribution in [0.5, 0.6) is 0 Å². The van der Waals surface area contributed by atoms with Gasteiger partial charge in [0.2, 0.25) is 0 Å². The molecule has 20 heavy (non-hydrogen) atoms. The normalized spacial score (nSPS) is 31.9. The molecule has 4 heteroatoms. The van der Waals surface area contributed by atoms with Crippen molar-refractivity contribution in [2.24, 2.45) is 10.9 Å². The average molecular weight is 309 g/mol. The van der Waals surface area contributed by atoms with Gasteiger partial charge in [-0.05, 0) is 44.2 Å². The van der Waals surface area contributed by atoms with Crippen molar-refractivity contribution in [3.8, 4) is 0 Å². The van der Waals surface area contributed by atoms with Gasteiger partial charge >= 0.3 is 0 Å². The topological polar surface area (TPSA) is 24.4 Å². The maximum atomic E-state index is 4.80. The number of rotatable bonds is 2. The van der Waals surface area contributed by atoms with Crippen LogP contribution >= 0.6 is 23.1 Å². The summed E-state index contributed by atoms with van der Waals surface area (Å²) in [6, 6.07) is 2.28. The number of nitrogens with one attached hydrogen (secondary N) is 1. The van der Waals surface area contributed by atoms with Gasteiger partial charge in [0.25, 0.3) is 0 Å². The molecule has 1 aliphatic carbocycles. The molecule has 1 saturated carbocycles. The van der Waals surface area contributed by atoms with E-state index in [1.54, 1.807) is 0 Å². The fraction of sp³-hybridized carbons (Fsp3) is 0.688. The predicted molar refractivity (Wildman–Crippen MR) is 90.9 cm³/mol. The highest BCUT2D eigenvalue weighted by Crippen LogP contribution is 2.38. The van der Waals surface area contributed by atoms with Crippen molar-refractivity contribution in [2.75, 3.05) is 5.75 Å². The van der Waals surface area contributed by atoms with Gasteiger partial charge in [0.05, 0.1) is 6.54 Å². The Morgan fingerprint density at radius 3 is 3.00 bits per heavy atom. The van der Waals surface area contributed by atoms with E-state index in [-0.39, 0.29) is 0 Å². The van der Waals surface area contributed by atoms with Crippen molar-refractivity contribution in [3.05, 3.63) is 21.4 Å². The molecule has 2 fully saturated rings. The SMILES string of the molecule is Cc1cc(CN=C2NC3(CCCC(C)C3)CS2)sc1C. The number of hydrogen-bond donors (Lipinski definition) is 1. The number of thioether (sulfide) groups is 1. The molecule has 2 atom stereocenters. The molecule has 1 spiro atoms. The fourth-order valence-corrected chi connectivity index (χ4v) is 5.54. The summed E-state index contributed by atoms with van der Waals surface area (Å²) in [5.41, 5.74) is 1.75. The van der Waals surface area contributed by atoms with Gasteiger partial charge in [-0.3, -0.25) is 4.99 Å². The number of amidine groups is 1. The van der Waals surface area contributed by atoms with E-state index >= 15 is 0 Å². The van der Waals surface area contributed by atoms with Crippen LogP contribution in [-0.2, 0) is 6.54 Å². The van der Waals surface area contributed by atoms with Crippen LogP contribution in [0.4, 0.5) is 0 Å². The molecule has 1 aromatic rings.